The van der Waals surface area contributed by atoms with E-state index in [1.807, 2.05) is 61.5 Å². The van der Waals surface area contributed by atoms with Crippen LogP contribution < -0.4 is 11.1 Å². The summed E-state index contributed by atoms with van der Waals surface area (Å²) in [5, 5.41) is 2.99. The van der Waals surface area contributed by atoms with Crippen LogP contribution in [0.5, 0.6) is 0 Å². The van der Waals surface area contributed by atoms with Gasteiger partial charge in [0.05, 0.1) is 5.92 Å². The molecule has 0 fully saturated rings. The van der Waals surface area contributed by atoms with Gasteiger partial charge < -0.3 is 11.1 Å². The average molecular weight is 268 g/mol. The highest BCUT2D eigenvalue weighted by Gasteiger charge is 2.17. The van der Waals surface area contributed by atoms with E-state index >= 15 is 0 Å². The second kappa shape index (κ2) is 6.75. The van der Waals surface area contributed by atoms with Crippen molar-refractivity contribution >= 4 is 11.6 Å². The van der Waals surface area contributed by atoms with Crippen LogP contribution in [0.3, 0.4) is 0 Å². The van der Waals surface area contributed by atoms with Crippen molar-refractivity contribution in [2.24, 2.45) is 0 Å². The Balaban J connectivity index is 1.98. The predicted molar refractivity (Wildman–Crippen MR) is 82.2 cm³/mol. The smallest absolute Gasteiger partial charge is 0.227 e. The SMILES string of the molecule is CCC(C(=O)NCc1ccc(N)cc1)c1ccccc1. The van der Waals surface area contributed by atoms with E-state index in [0.29, 0.717) is 6.54 Å². The number of nitrogen functional groups attached to an aromatic ring is 1. The van der Waals surface area contributed by atoms with E-state index < -0.39 is 0 Å². The van der Waals surface area contributed by atoms with Gasteiger partial charge in [0.2, 0.25) is 5.91 Å². The minimum absolute atomic E-state index is 0.0653. The number of carbonyl (C=O) groups is 1. The van der Waals surface area contributed by atoms with E-state index in [2.05, 4.69) is 5.32 Å². The summed E-state index contributed by atoms with van der Waals surface area (Å²) >= 11 is 0. The number of nitrogens with two attached hydrogens (primary N) is 1. The zero-order valence-corrected chi connectivity index (χ0v) is 11.7. The molecule has 2 aromatic carbocycles. The lowest BCUT2D eigenvalue weighted by atomic mass is 9.95. The Labute approximate surface area is 119 Å². The molecule has 0 aliphatic carbocycles. The number of anilines is 1. The Hall–Kier alpha value is -2.29. The first-order chi connectivity index (χ1) is 9.70. The second-order valence-corrected chi connectivity index (χ2v) is 4.83. The maximum Gasteiger partial charge on any atom is 0.227 e. The van der Waals surface area contributed by atoms with Gasteiger partial charge in [0, 0.05) is 12.2 Å². The monoisotopic (exact) mass is 268 g/mol. The zero-order valence-electron chi connectivity index (χ0n) is 11.7. The van der Waals surface area contributed by atoms with Gasteiger partial charge in [-0.2, -0.15) is 0 Å². The summed E-state index contributed by atoms with van der Waals surface area (Å²) in [7, 11) is 0. The first-order valence-electron chi connectivity index (χ1n) is 6.87. The Bertz CT molecular complexity index is 549. The maximum absolute atomic E-state index is 12.3. The standard InChI is InChI=1S/C17H20N2O/c1-2-16(14-6-4-3-5-7-14)17(20)19-12-13-8-10-15(18)11-9-13/h3-11,16H,2,12,18H2,1H3,(H,19,20). The van der Waals surface area contributed by atoms with E-state index in [-0.39, 0.29) is 11.8 Å². The molecule has 3 nitrogen and oxygen atoms in total. The van der Waals surface area contributed by atoms with Gasteiger partial charge in [0.15, 0.2) is 0 Å². The third-order valence-electron chi connectivity index (χ3n) is 3.37. The van der Waals surface area contributed by atoms with E-state index in [0.717, 1.165) is 23.2 Å². The number of carbonyl (C=O) groups excluding carboxylic acids is 1. The molecule has 2 rings (SSSR count). The van der Waals surface area contributed by atoms with Crippen molar-refractivity contribution in [3.63, 3.8) is 0 Å². The summed E-state index contributed by atoms with van der Waals surface area (Å²) in [5.41, 5.74) is 8.48. The van der Waals surface area contributed by atoms with Crippen LogP contribution in [0.1, 0.15) is 30.4 Å². The summed E-state index contributed by atoms with van der Waals surface area (Å²) in [5.74, 6) is -0.0273. The van der Waals surface area contributed by atoms with E-state index in [1.165, 1.54) is 0 Å². The van der Waals surface area contributed by atoms with Crippen LogP contribution in [-0.4, -0.2) is 5.91 Å². The summed E-state index contributed by atoms with van der Waals surface area (Å²) in [6.07, 6.45) is 0.789. The summed E-state index contributed by atoms with van der Waals surface area (Å²) in [6.45, 7) is 2.56. The van der Waals surface area contributed by atoms with Crippen LogP contribution >= 0.6 is 0 Å². The number of rotatable bonds is 5. The average Bonchev–Trinajstić information content (AvgIpc) is 2.48. The lowest BCUT2D eigenvalue weighted by Gasteiger charge is -2.15. The molecular formula is C17H20N2O. The summed E-state index contributed by atoms with van der Waals surface area (Å²) < 4.78 is 0. The van der Waals surface area contributed by atoms with Crippen molar-refractivity contribution in [1.29, 1.82) is 0 Å². The van der Waals surface area contributed by atoms with Crippen LogP contribution in [0.4, 0.5) is 5.69 Å². The molecular weight excluding hydrogens is 248 g/mol. The van der Waals surface area contributed by atoms with Crippen molar-refractivity contribution in [1.82, 2.24) is 5.32 Å². The van der Waals surface area contributed by atoms with Gasteiger partial charge >= 0.3 is 0 Å². The predicted octanol–water partition coefficient (Wildman–Crippen LogP) is 3.08. The molecule has 1 atom stereocenters. The van der Waals surface area contributed by atoms with Crippen LogP contribution in [0.25, 0.3) is 0 Å². The van der Waals surface area contributed by atoms with Gasteiger partial charge in [-0.3, -0.25) is 4.79 Å². The molecule has 104 valence electrons. The molecule has 3 N–H and O–H groups in total. The van der Waals surface area contributed by atoms with Crippen molar-refractivity contribution in [2.75, 3.05) is 5.73 Å². The van der Waals surface area contributed by atoms with Crippen LogP contribution in [0.2, 0.25) is 0 Å². The number of amides is 1. The molecule has 0 spiro atoms. The largest absolute Gasteiger partial charge is 0.399 e. The van der Waals surface area contributed by atoms with Gasteiger partial charge in [-0.25, -0.2) is 0 Å². The highest BCUT2D eigenvalue weighted by molar-refractivity contribution is 5.83. The Morgan fingerprint density at radius 1 is 1.10 bits per heavy atom. The molecule has 0 bridgehead atoms. The van der Waals surface area contributed by atoms with Crippen LogP contribution in [0.15, 0.2) is 54.6 Å². The Kier molecular flexibility index (Phi) is 4.77. The lowest BCUT2D eigenvalue weighted by molar-refractivity contribution is -0.122. The minimum Gasteiger partial charge on any atom is -0.399 e. The molecule has 3 heteroatoms. The topological polar surface area (TPSA) is 55.1 Å². The van der Waals surface area contributed by atoms with E-state index in [4.69, 9.17) is 5.73 Å². The molecule has 1 unspecified atom stereocenters. The van der Waals surface area contributed by atoms with E-state index in [9.17, 15) is 4.79 Å². The van der Waals surface area contributed by atoms with Crippen molar-refractivity contribution in [3.05, 3.63) is 65.7 Å². The van der Waals surface area contributed by atoms with Crippen molar-refractivity contribution in [3.8, 4) is 0 Å². The van der Waals surface area contributed by atoms with Crippen molar-refractivity contribution < 1.29 is 4.79 Å². The van der Waals surface area contributed by atoms with Crippen molar-refractivity contribution in [2.45, 2.75) is 25.8 Å². The van der Waals surface area contributed by atoms with Gasteiger partial charge in [-0.05, 0) is 29.7 Å². The first-order valence-corrected chi connectivity index (χ1v) is 6.87. The molecule has 2 aromatic rings. The number of hydrogen-bond acceptors (Lipinski definition) is 2. The van der Waals surface area contributed by atoms with Crippen LogP contribution in [-0.2, 0) is 11.3 Å². The molecule has 0 heterocycles. The molecule has 20 heavy (non-hydrogen) atoms. The van der Waals surface area contributed by atoms with Gasteiger partial charge in [-0.15, -0.1) is 0 Å². The zero-order chi connectivity index (χ0) is 14.4. The fraction of sp³-hybridized carbons (Fsp3) is 0.235. The normalized spacial score (nSPS) is 11.8. The molecule has 0 saturated heterocycles. The number of hydrogen-bond donors (Lipinski definition) is 2. The fourth-order valence-electron chi connectivity index (χ4n) is 2.21. The summed E-state index contributed by atoms with van der Waals surface area (Å²) in [6, 6.07) is 17.4. The molecule has 0 aliphatic heterocycles. The minimum atomic E-state index is -0.0926. The number of benzene rings is 2. The summed E-state index contributed by atoms with van der Waals surface area (Å²) in [4.78, 5) is 12.3. The molecule has 1 amide bonds. The van der Waals surface area contributed by atoms with E-state index in [1.54, 1.807) is 0 Å². The number of nitrogens with one attached hydrogen (secondary N) is 1. The van der Waals surface area contributed by atoms with Gasteiger partial charge in [0.25, 0.3) is 0 Å². The van der Waals surface area contributed by atoms with Gasteiger partial charge in [0.1, 0.15) is 0 Å². The quantitative estimate of drug-likeness (QED) is 0.819. The molecule has 0 radical (unpaired) electrons. The third kappa shape index (κ3) is 3.60. The maximum atomic E-state index is 12.3. The molecule has 0 aromatic heterocycles. The second-order valence-electron chi connectivity index (χ2n) is 4.83. The molecule has 0 aliphatic rings. The van der Waals surface area contributed by atoms with Gasteiger partial charge in [-0.1, -0.05) is 49.4 Å². The van der Waals surface area contributed by atoms with Crippen LogP contribution in [0, 0.1) is 0 Å². The highest BCUT2D eigenvalue weighted by Crippen LogP contribution is 2.19. The lowest BCUT2D eigenvalue weighted by Crippen LogP contribution is -2.28. The Morgan fingerprint density at radius 2 is 1.75 bits per heavy atom. The third-order valence-corrected chi connectivity index (χ3v) is 3.37. The highest BCUT2D eigenvalue weighted by atomic mass is 16.1. The first kappa shape index (κ1) is 14.1. The fourth-order valence-corrected chi connectivity index (χ4v) is 2.21. The molecule has 0 saturated carbocycles. The Morgan fingerprint density at radius 3 is 2.35 bits per heavy atom.